The smallest absolute Gasteiger partial charge is 0.313 e. The van der Waals surface area contributed by atoms with Crippen molar-refractivity contribution >= 4 is 5.97 Å². The van der Waals surface area contributed by atoms with Crippen LogP contribution in [0.2, 0.25) is 0 Å². The molecule has 0 atom stereocenters. The van der Waals surface area contributed by atoms with Gasteiger partial charge in [0.2, 0.25) is 5.88 Å². The van der Waals surface area contributed by atoms with Gasteiger partial charge < -0.3 is 9.47 Å². The van der Waals surface area contributed by atoms with Gasteiger partial charge in [-0.1, -0.05) is 0 Å². The van der Waals surface area contributed by atoms with Crippen LogP contribution >= 0.6 is 0 Å². The fourth-order valence-corrected chi connectivity index (χ4v) is 1.10. The van der Waals surface area contributed by atoms with Gasteiger partial charge in [0.1, 0.15) is 12.2 Å². The number of carbonyl (C=O) groups is 1. The van der Waals surface area contributed by atoms with Gasteiger partial charge in [-0.15, -0.1) is 0 Å². The second-order valence-electron chi connectivity index (χ2n) is 2.95. The van der Waals surface area contributed by atoms with Crippen molar-refractivity contribution in [2.24, 2.45) is 0 Å². The fourth-order valence-electron chi connectivity index (χ4n) is 1.10. The van der Waals surface area contributed by atoms with Crippen molar-refractivity contribution in [3.63, 3.8) is 0 Å². The molecular weight excluding hydrogens is 196 g/mol. The van der Waals surface area contributed by atoms with E-state index in [-0.39, 0.29) is 12.4 Å². The number of ether oxygens (including phenoxy) is 2. The van der Waals surface area contributed by atoms with Crippen LogP contribution in [0, 0.1) is 6.92 Å². The predicted molar refractivity (Wildman–Crippen MR) is 53.7 cm³/mol. The molecule has 0 bridgehead atoms. The molecular formula is C10H14N2O3. The monoisotopic (exact) mass is 210 g/mol. The molecule has 0 saturated carbocycles. The standard InChI is InChI=1S/C10H14N2O3/c1-4-15-9-5-7(2)11-8(12-9)6-10(13)14-3/h5H,4,6H2,1-3H3. The zero-order valence-corrected chi connectivity index (χ0v) is 9.11. The van der Waals surface area contributed by atoms with Crippen LogP contribution in [0.3, 0.4) is 0 Å². The number of hydrogen-bond donors (Lipinski definition) is 0. The van der Waals surface area contributed by atoms with E-state index in [1.165, 1.54) is 7.11 Å². The minimum atomic E-state index is -0.358. The summed E-state index contributed by atoms with van der Waals surface area (Å²) in [6.07, 6.45) is 0.0677. The largest absolute Gasteiger partial charge is 0.478 e. The molecule has 0 aromatic carbocycles. The van der Waals surface area contributed by atoms with E-state index >= 15 is 0 Å². The van der Waals surface area contributed by atoms with E-state index in [9.17, 15) is 4.79 Å². The summed E-state index contributed by atoms with van der Waals surface area (Å²) in [6.45, 7) is 4.23. The number of carbonyl (C=O) groups excluding carboxylic acids is 1. The molecule has 5 nitrogen and oxygen atoms in total. The first kappa shape index (κ1) is 11.4. The van der Waals surface area contributed by atoms with Crippen molar-refractivity contribution < 1.29 is 14.3 Å². The summed E-state index contributed by atoms with van der Waals surface area (Å²) in [5, 5.41) is 0. The quantitative estimate of drug-likeness (QED) is 0.691. The number of esters is 1. The van der Waals surface area contributed by atoms with Crippen LogP contribution in [0.25, 0.3) is 0 Å². The first-order chi connectivity index (χ1) is 7.15. The summed E-state index contributed by atoms with van der Waals surface area (Å²) in [7, 11) is 1.33. The van der Waals surface area contributed by atoms with E-state index in [0.717, 1.165) is 5.69 Å². The zero-order chi connectivity index (χ0) is 11.3. The Labute approximate surface area is 88.4 Å². The average Bonchev–Trinajstić information content (AvgIpc) is 2.17. The molecule has 15 heavy (non-hydrogen) atoms. The number of nitrogens with zero attached hydrogens (tertiary/aromatic N) is 2. The minimum absolute atomic E-state index is 0.0677. The highest BCUT2D eigenvalue weighted by molar-refractivity contribution is 5.71. The fraction of sp³-hybridized carbons (Fsp3) is 0.500. The normalized spacial score (nSPS) is 9.80. The SMILES string of the molecule is CCOc1cc(C)nc(CC(=O)OC)n1. The second kappa shape index (κ2) is 5.29. The highest BCUT2D eigenvalue weighted by atomic mass is 16.5. The Morgan fingerprint density at radius 2 is 2.20 bits per heavy atom. The molecule has 0 saturated heterocycles. The molecule has 1 rings (SSSR count). The van der Waals surface area contributed by atoms with E-state index in [1.54, 1.807) is 6.07 Å². The van der Waals surface area contributed by atoms with E-state index in [0.29, 0.717) is 18.3 Å². The lowest BCUT2D eigenvalue weighted by Gasteiger charge is -2.05. The van der Waals surface area contributed by atoms with Gasteiger partial charge in [0, 0.05) is 11.8 Å². The van der Waals surface area contributed by atoms with E-state index in [4.69, 9.17) is 4.74 Å². The lowest BCUT2D eigenvalue weighted by atomic mass is 10.3. The maximum Gasteiger partial charge on any atom is 0.313 e. The Bertz CT molecular complexity index is 353. The second-order valence-corrected chi connectivity index (χ2v) is 2.95. The molecule has 0 spiro atoms. The van der Waals surface area contributed by atoms with Crippen LogP contribution in [0.4, 0.5) is 0 Å². The number of aryl methyl sites for hydroxylation is 1. The Balaban J connectivity index is 2.83. The van der Waals surface area contributed by atoms with Gasteiger partial charge in [-0.2, -0.15) is 4.98 Å². The first-order valence-corrected chi connectivity index (χ1v) is 4.70. The third-order valence-corrected chi connectivity index (χ3v) is 1.70. The highest BCUT2D eigenvalue weighted by Gasteiger charge is 2.08. The number of methoxy groups -OCH3 is 1. The molecule has 1 heterocycles. The van der Waals surface area contributed by atoms with E-state index < -0.39 is 0 Å². The summed E-state index contributed by atoms with van der Waals surface area (Å²) in [6, 6.07) is 1.73. The maximum absolute atomic E-state index is 11.0. The molecule has 0 fully saturated rings. The van der Waals surface area contributed by atoms with Gasteiger partial charge in [0.15, 0.2) is 0 Å². The molecule has 1 aromatic heterocycles. The Hall–Kier alpha value is -1.65. The molecule has 0 aliphatic heterocycles. The predicted octanol–water partition coefficient (Wildman–Crippen LogP) is 0.899. The van der Waals surface area contributed by atoms with Crippen LogP contribution < -0.4 is 4.74 Å². The van der Waals surface area contributed by atoms with Crippen LogP contribution in [0.15, 0.2) is 6.07 Å². The third-order valence-electron chi connectivity index (χ3n) is 1.70. The number of rotatable bonds is 4. The maximum atomic E-state index is 11.0. The highest BCUT2D eigenvalue weighted by Crippen LogP contribution is 2.09. The topological polar surface area (TPSA) is 61.3 Å². The first-order valence-electron chi connectivity index (χ1n) is 4.70. The Morgan fingerprint density at radius 3 is 2.80 bits per heavy atom. The van der Waals surface area contributed by atoms with Crippen LogP contribution in [-0.4, -0.2) is 29.7 Å². The summed E-state index contributed by atoms with van der Waals surface area (Å²) in [5.74, 6) is 0.553. The number of aromatic nitrogens is 2. The molecule has 5 heteroatoms. The van der Waals surface area contributed by atoms with Crippen LogP contribution in [0.5, 0.6) is 5.88 Å². The molecule has 0 amide bonds. The summed E-state index contributed by atoms with van der Waals surface area (Å²) >= 11 is 0. The van der Waals surface area contributed by atoms with Crippen molar-refractivity contribution in [1.29, 1.82) is 0 Å². The van der Waals surface area contributed by atoms with Gasteiger partial charge in [-0.05, 0) is 13.8 Å². The molecule has 82 valence electrons. The molecule has 0 N–H and O–H groups in total. The Kier molecular flexibility index (Phi) is 4.03. The third kappa shape index (κ3) is 3.53. The van der Waals surface area contributed by atoms with Crippen molar-refractivity contribution in [3.05, 3.63) is 17.6 Å². The lowest BCUT2D eigenvalue weighted by Crippen LogP contribution is -2.09. The molecule has 0 aliphatic rings. The Morgan fingerprint density at radius 1 is 1.47 bits per heavy atom. The molecule has 0 radical (unpaired) electrons. The summed E-state index contributed by atoms with van der Waals surface area (Å²) in [4.78, 5) is 19.2. The van der Waals surface area contributed by atoms with Gasteiger partial charge in [0.25, 0.3) is 0 Å². The van der Waals surface area contributed by atoms with Crippen molar-refractivity contribution in [3.8, 4) is 5.88 Å². The van der Waals surface area contributed by atoms with E-state index in [1.807, 2.05) is 13.8 Å². The number of hydrogen-bond acceptors (Lipinski definition) is 5. The molecule has 0 unspecified atom stereocenters. The van der Waals surface area contributed by atoms with Crippen LogP contribution in [-0.2, 0) is 16.0 Å². The van der Waals surface area contributed by atoms with Gasteiger partial charge in [-0.3, -0.25) is 4.79 Å². The summed E-state index contributed by atoms with van der Waals surface area (Å²) in [5.41, 5.74) is 0.771. The van der Waals surface area contributed by atoms with Crippen molar-refractivity contribution in [2.45, 2.75) is 20.3 Å². The van der Waals surface area contributed by atoms with Gasteiger partial charge >= 0.3 is 5.97 Å². The zero-order valence-electron chi connectivity index (χ0n) is 9.11. The van der Waals surface area contributed by atoms with Crippen molar-refractivity contribution in [1.82, 2.24) is 9.97 Å². The lowest BCUT2D eigenvalue weighted by molar-refractivity contribution is -0.139. The molecule has 0 aliphatic carbocycles. The summed E-state index contributed by atoms with van der Waals surface area (Å²) < 4.78 is 9.77. The van der Waals surface area contributed by atoms with Crippen molar-refractivity contribution in [2.75, 3.05) is 13.7 Å². The minimum Gasteiger partial charge on any atom is -0.478 e. The average molecular weight is 210 g/mol. The van der Waals surface area contributed by atoms with E-state index in [2.05, 4.69) is 14.7 Å². The molecule has 1 aromatic rings. The van der Waals surface area contributed by atoms with Crippen LogP contribution in [0.1, 0.15) is 18.4 Å². The van der Waals surface area contributed by atoms with Gasteiger partial charge in [-0.25, -0.2) is 4.98 Å². The van der Waals surface area contributed by atoms with Gasteiger partial charge in [0.05, 0.1) is 13.7 Å².